The molecule has 3 aliphatic heterocycles. The van der Waals surface area contributed by atoms with Gasteiger partial charge in [-0.3, -0.25) is 4.90 Å². The minimum atomic E-state index is -4.26. The van der Waals surface area contributed by atoms with E-state index >= 15 is 0 Å². The molecule has 1 aromatic rings. The number of esters is 1. The Morgan fingerprint density at radius 3 is 2.58 bits per heavy atom. The first-order valence-corrected chi connectivity index (χ1v) is 8.37. The van der Waals surface area contributed by atoms with Gasteiger partial charge in [-0.25, -0.2) is 13.8 Å². The molecule has 3 heterocycles. The molecule has 0 N–H and O–H groups in total. The Labute approximate surface area is 140 Å². The highest BCUT2D eigenvalue weighted by Gasteiger charge is 2.56. The van der Waals surface area contributed by atoms with Crippen LogP contribution in [0.15, 0.2) is 29.2 Å². The Hall–Kier alpha value is -2.13. The van der Waals surface area contributed by atoms with E-state index in [0.717, 1.165) is 12.0 Å². The lowest BCUT2D eigenvalue weighted by molar-refractivity contribution is -0.171. The fourth-order valence-electron chi connectivity index (χ4n) is 2.73. The molecule has 1 amide bonds. The first kappa shape index (κ1) is 18.2. The summed E-state index contributed by atoms with van der Waals surface area (Å²) in [5.74, 6) is -0.953. The standard InChI is InChI=1S/C14H15NO7S.CH4/c1-20-12(16)14-7-2-8-15(14)13(17)21-9-10-3-5-11(6-4-10)23(18,19)22-14;/h3-6H,2,7-9H2,1H3;1H4/t14-;/m0./s1. The zero-order valence-corrected chi connectivity index (χ0v) is 13.2. The minimum Gasteiger partial charge on any atom is -0.465 e. The Kier molecular flexibility index (Phi) is 4.86. The van der Waals surface area contributed by atoms with Gasteiger partial charge in [0.05, 0.1) is 12.0 Å². The van der Waals surface area contributed by atoms with Gasteiger partial charge in [0.15, 0.2) is 0 Å². The van der Waals surface area contributed by atoms with Crippen LogP contribution < -0.4 is 0 Å². The molecule has 3 aliphatic rings. The molecular formula is C15H19NO7S. The maximum absolute atomic E-state index is 12.5. The second-order valence-corrected chi connectivity index (χ2v) is 6.81. The van der Waals surface area contributed by atoms with Crippen molar-refractivity contribution in [3.63, 3.8) is 0 Å². The van der Waals surface area contributed by atoms with Gasteiger partial charge in [-0.05, 0) is 24.1 Å². The van der Waals surface area contributed by atoms with Crippen LogP contribution >= 0.6 is 0 Å². The number of hydrogen-bond donors (Lipinski definition) is 0. The summed E-state index contributed by atoms with van der Waals surface area (Å²) in [7, 11) is -3.16. The second-order valence-electron chi connectivity index (χ2n) is 5.27. The smallest absolute Gasteiger partial charge is 0.412 e. The molecule has 1 aromatic carbocycles. The van der Waals surface area contributed by atoms with E-state index in [1.54, 1.807) is 0 Å². The van der Waals surface area contributed by atoms with E-state index in [-0.39, 0.29) is 31.9 Å². The quantitative estimate of drug-likeness (QED) is 0.556. The van der Waals surface area contributed by atoms with Gasteiger partial charge in [-0.15, -0.1) is 0 Å². The number of carbonyl (C=O) groups is 2. The van der Waals surface area contributed by atoms with Crippen molar-refractivity contribution in [1.82, 2.24) is 4.90 Å². The molecule has 0 aliphatic carbocycles. The normalized spacial score (nSPS) is 25.0. The van der Waals surface area contributed by atoms with Crippen LogP contribution in [0.5, 0.6) is 0 Å². The topological polar surface area (TPSA) is 99.2 Å². The molecule has 1 fully saturated rings. The molecule has 0 unspecified atom stereocenters. The zero-order chi connectivity index (χ0) is 16.7. The predicted octanol–water partition coefficient (Wildman–Crippen LogP) is 1.64. The third kappa shape index (κ3) is 2.84. The summed E-state index contributed by atoms with van der Waals surface area (Å²) in [6.07, 6.45) is -0.435. The van der Waals surface area contributed by atoms with Crippen LogP contribution in [0.1, 0.15) is 25.8 Å². The highest BCUT2D eigenvalue weighted by molar-refractivity contribution is 7.86. The molecule has 0 saturated carbocycles. The van der Waals surface area contributed by atoms with Crippen LogP contribution in [-0.4, -0.2) is 44.8 Å². The van der Waals surface area contributed by atoms with Crippen molar-refractivity contribution < 1.29 is 31.7 Å². The molecule has 4 rings (SSSR count). The number of carbonyl (C=O) groups excluding carboxylic acids is 2. The Bertz CT molecular complexity index is 744. The van der Waals surface area contributed by atoms with Crippen molar-refractivity contribution in [3.05, 3.63) is 29.8 Å². The number of benzene rings is 1. The van der Waals surface area contributed by atoms with Crippen LogP contribution in [0.2, 0.25) is 0 Å². The molecule has 24 heavy (non-hydrogen) atoms. The van der Waals surface area contributed by atoms with Crippen LogP contribution in [0.3, 0.4) is 0 Å². The van der Waals surface area contributed by atoms with Crippen LogP contribution in [0.25, 0.3) is 0 Å². The summed E-state index contributed by atoms with van der Waals surface area (Å²) in [6, 6.07) is 5.72. The third-order valence-electron chi connectivity index (χ3n) is 3.88. The van der Waals surface area contributed by atoms with Crippen molar-refractivity contribution in [3.8, 4) is 0 Å². The molecule has 0 radical (unpaired) electrons. The number of hydrogen-bond acceptors (Lipinski definition) is 7. The highest BCUT2D eigenvalue weighted by Crippen LogP contribution is 2.36. The Balaban J connectivity index is 0.00000208. The fourth-order valence-corrected chi connectivity index (χ4v) is 3.90. The summed E-state index contributed by atoms with van der Waals surface area (Å²) in [4.78, 5) is 25.4. The molecule has 0 spiro atoms. The van der Waals surface area contributed by atoms with Crippen LogP contribution in [-0.2, 0) is 35.2 Å². The average molecular weight is 357 g/mol. The van der Waals surface area contributed by atoms with Crippen molar-refractivity contribution in [1.29, 1.82) is 0 Å². The van der Waals surface area contributed by atoms with Gasteiger partial charge >= 0.3 is 12.1 Å². The molecule has 2 bridgehead atoms. The third-order valence-corrected chi connectivity index (χ3v) is 5.22. The van der Waals surface area contributed by atoms with Gasteiger partial charge in [-0.1, -0.05) is 19.6 Å². The lowest BCUT2D eigenvalue weighted by Crippen LogP contribution is -2.56. The number of fused-ring (bicyclic) bond motifs is 5. The first-order valence-electron chi connectivity index (χ1n) is 6.96. The van der Waals surface area contributed by atoms with Crippen LogP contribution in [0, 0.1) is 0 Å². The summed E-state index contributed by atoms with van der Waals surface area (Å²) in [5, 5.41) is 0. The molecule has 1 atom stereocenters. The summed E-state index contributed by atoms with van der Waals surface area (Å²) >= 11 is 0. The number of methoxy groups -OCH3 is 1. The van der Waals surface area contributed by atoms with E-state index in [9.17, 15) is 18.0 Å². The number of amides is 1. The summed E-state index contributed by atoms with van der Waals surface area (Å²) in [5.41, 5.74) is -1.41. The molecule has 9 heteroatoms. The Morgan fingerprint density at radius 1 is 1.29 bits per heavy atom. The van der Waals surface area contributed by atoms with E-state index in [4.69, 9.17) is 8.92 Å². The van der Waals surface area contributed by atoms with Crippen molar-refractivity contribution in [2.75, 3.05) is 13.7 Å². The molecule has 132 valence electrons. The maximum Gasteiger partial charge on any atom is 0.412 e. The number of ether oxygens (including phenoxy) is 2. The van der Waals surface area contributed by atoms with Crippen molar-refractivity contribution in [2.45, 2.75) is 37.5 Å². The minimum absolute atomic E-state index is 0. The van der Waals surface area contributed by atoms with Gasteiger partial charge in [0, 0.05) is 13.0 Å². The van der Waals surface area contributed by atoms with Gasteiger partial charge in [0.25, 0.3) is 15.8 Å². The van der Waals surface area contributed by atoms with Gasteiger partial charge < -0.3 is 9.47 Å². The average Bonchev–Trinajstić information content (AvgIpc) is 2.95. The number of rotatable bonds is 1. The first-order chi connectivity index (χ1) is 10.9. The van der Waals surface area contributed by atoms with Crippen LogP contribution in [0.4, 0.5) is 4.79 Å². The van der Waals surface area contributed by atoms with Gasteiger partial charge in [-0.2, -0.15) is 8.42 Å². The lowest BCUT2D eigenvalue weighted by atomic mass is 10.1. The second kappa shape index (κ2) is 6.40. The monoisotopic (exact) mass is 357 g/mol. The van der Waals surface area contributed by atoms with E-state index in [1.165, 1.54) is 24.3 Å². The zero-order valence-electron chi connectivity index (χ0n) is 12.4. The van der Waals surface area contributed by atoms with E-state index in [2.05, 4.69) is 4.74 Å². The molecular weight excluding hydrogens is 338 g/mol. The maximum atomic E-state index is 12.5. The highest BCUT2D eigenvalue weighted by atomic mass is 32.2. The van der Waals surface area contributed by atoms with Crippen molar-refractivity contribution in [2.24, 2.45) is 0 Å². The van der Waals surface area contributed by atoms with Crippen molar-refractivity contribution >= 4 is 22.2 Å². The number of nitrogens with zero attached hydrogens (tertiary/aromatic N) is 1. The van der Waals surface area contributed by atoms with E-state index < -0.39 is 27.9 Å². The summed E-state index contributed by atoms with van der Waals surface area (Å²) in [6.45, 7) is 0.0991. The lowest BCUT2D eigenvalue weighted by Gasteiger charge is -2.33. The van der Waals surface area contributed by atoms with Gasteiger partial charge in [0.2, 0.25) is 0 Å². The molecule has 0 aromatic heterocycles. The fraction of sp³-hybridized carbons (Fsp3) is 0.467. The van der Waals surface area contributed by atoms with E-state index in [1.807, 2.05) is 0 Å². The largest absolute Gasteiger partial charge is 0.465 e. The van der Waals surface area contributed by atoms with E-state index in [0.29, 0.717) is 12.0 Å². The molecule has 1 saturated heterocycles. The predicted molar refractivity (Wildman–Crippen MR) is 82.3 cm³/mol. The summed E-state index contributed by atoms with van der Waals surface area (Å²) < 4.78 is 40.1. The Morgan fingerprint density at radius 2 is 1.96 bits per heavy atom. The molecule has 8 nitrogen and oxygen atoms in total. The SMILES string of the molecule is C.COC(=O)[C@@]12CCCN1C(=O)OCc1ccc(cc1)S(=O)(=O)O2. The van der Waals surface area contributed by atoms with Gasteiger partial charge in [0.1, 0.15) is 6.61 Å².